The Labute approximate surface area is 211 Å². The molecule has 0 spiro atoms. The average molecular weight is 514 g/mol. The lowest BCUT2D eigenvalue weighted by atomic mass is 9.94. The molecule has 0 aliphatic carbocycles. The van der Waals surface area contributed by atoms with Crippen LogP contribution < -0.4 is 15.4 Å². The van der Waals surface area contributed by atoms with Gasteiger partial charge in [-0.05, 0) is 49.0 Å². The summed E-state index contributed by atoms with van der Waals surface area (Å²) in [5, 5.41) is 5.54. The molecule has 4 rings (SSSR count). The van der Waals surface area contributed by atoms with Gasteiger partial charge in [0.1, 0.15) is 16.9 Å². The van der Waals surface area contributed by atoms with Gasteiger partial charge in [-0.25, -0.2) is 8.42 Å². The molecule has 0 radical (unpaired) electrons. The van der Waals surface area contributed by atoms with Crippen molar-refractivity contribution >= 4 is 27.5 Å². The first-order chi connectivity index (χ1) is 17.3. The first kappa shape index (κ1) is 25.9. The lowest BCUT2D eigenvalue weighted by Gasteiger charge is -2.33. The number of anilines is 1. The number of aryl methyl sites for hydroxylation is 1. The van der Waals surface area contributed by atoms with Crippen molar-refractivity contribution in [3.63, 3.8) is 0 Å². The predicted octanol–water partition coefficient (Wildman–Crippen LogP) is 2.69. The Hall–Kier alpha value is -3.21. The quantitative estimate of drug-likeness (QED) is 0.499. The van der Waals surface area contributed by atoms with Crippen molar-refractivity contribution in [2.75, 3.05) is 25.5 Å². The molecule has 3 atom stereocenters. The number of nitrogens with one attached hydrogen (secondary N) is 2. The molecule has 2 fully saturated rings. The van der Waals surface area contributed by atoms with E-state index in [0.29, 0.717) is 37.9 Å². The Bertz CT molecular complexity index is 1220. The van der Waals surface area contributed by atoms with E-state index in [4.69, 9.17) is 9.47 Å². The van der Waals surface area contributed by atoms with Gasteiger partial charge in [0.2, 0.25) is 21.8 Å². The van der Waals surface area contributed by atoms with Crippen LogP contribution in [0.25, 0.3) is 0 Å². The topological polar surface area (TPSA) is 114 Å². The molecule has 2 aliphatic heterocycles. The summed E-state index contributed by atoms with van der Waals surface area (Å²) < 4.78 is 39.6. The van der Waals surface area contributed by atoms with Crippen molar-refractivity contribution in [2.45, 2.75) is 42.9 Å². The van der Waals surface area contributed by atoms with Gasteiger partial charge in [0.15, 0.2) is 0 Å². The van der Waals surface area contributed by atoms with Gasteiger partial charge < -0.3 is 20.1 Å². The average Bonchev–Trinajstić information content (AvgIpc) is 3.29. The largest absolute Gasteiger partial charge is 0.495 e. The summed E-state index contributed by atoms with van der Waals surface area (Å²) in [6.45, 7) is 3.97. The van der Waals surface area contributed by atoms with E-state index < -0.39 is 16.3 Å². The van der Waals surface area contributed by atoms with E-state index in [-0.39, 0.29) is 41.0 Å². The second kappa shape index (κ2) is 11.2. The molecule has 36 heavy (non-hydrogen) atoms. The Balaban J connectivity index is 1.41. The monoisotopic (exact) mass is 513 g/mol. The number of carbonyl (C=O) groups excluding carboxylic acids is 2. The third-order valence-corrected chi connectivity index (χ3v) is 8.46. The van der Waals surface area contributed by atoms with E-state index in [0.717, 1.165) is 5.56 Å². The molecule has 2 aliphatic rings. The van der Waals surface area contributed by atoms with Crippen molar-refractivity contribution < 1.29 is 27.5 Å². The molecule has 3 unspecified atom stereocenters. The molecule has 2 N–H and O–H groups in total. The summed E-state index contributed by atoms with van der Waals surface area (Å²) in [5.41, 5.74) is 1.53. The maximum absolute atomic E-state index is 13.5. The number of piperidine rings is 1. The van der Waals surface area contributed by atoms with E-state index in [9.17, 15) is 18.0 Å². The second-order valence-electron chi connectivity index (χ2n) is 8.92. The highest BCUT2D eigenvalue weighted by molar-refractivity contribution is 7.89. The number of hydrogen-bond acceptors (Lipinski definition) is 6. The van der Waals surface area contributed by atoms with Crippen LogP contribution in [-0.4, -0.2) is 57.1 Å². The number of amides is 2. The summed E-state index contributed by atoms with van der Waals surface area (Å²) in [6, 6.07) is 14.3. The van der Waals surface area contributed by atoms with Gasteiger partial charge in [-0.3, -0.25) is 9.59 Å². The number of sulfonamides is 1. The summed E-state index contributed by atoms with van der Waals surface area (Å²) in [4.78, 5) is 24.0. The number of carbonyl (C=O) groups is 2. The van der Waals surface area contributed by atoms with E-state index in [2.05, 4.69) is 17.2 Å². The summed E-state index contributed by atoms with van der Waals surface area (Å²) in [5.74, 6) is -0.168. The van der Waals surface area contributed by atoms with Crippen LogP contribution in [0.1, 0.15) is 24.8 Å². The zero-order chi connectivity index (χ0) is 25.7. The number of rotatable bonds is 9. The molecule has 2 saturated heterocycles. The van der Waals surface area contributed by atoms with Crippen LogP contribution in [0.3, 0.4) is 0 Å². The van der Waals surface area contributed by atoms with Gasteiger partial charge in [-0.1, -0.05) is 36.9 Å². The fourth-order valence-electron chi connectivity index (χ4n) is 4.65. The maximum Gasteiger partial charge on any atom is 0.246 e. The molecular weight excluding hydrogens is 482 g/mol. The number of ether oxygens (including phenoxy) is 2. The Kier molecular flexibility index (Phi) is 8.07. The van der Waals surface area contributed by atoms with Crippen LogP contribution in [-0.2, 0) is 30.8 Å². The standard InChI is InChI=1S/C26H31N3O6S/c1-3-24(30)28-26-15-19-13-14-29(17-22(19)35-26)36(32,33)23-11-10-20(16-21(23)34-2)27-25(31)12-9-18-7-5-4-6-8-18/h3-8,10-11,16,19,22,26H,1,9,12-15,17H2,2H3,(H,27,31)(H,28,30). The highest BCUT2D eigenvalue weighted by Gasteiger charge is 2.43. The van der Waals surface area contributed by atoms with Gasteiger partial charge in [0.05, 0.1) is 13.2 Å². The second-order valence-corrected chi connectivity index (χ2v) is 10.8. The number of fused-ring (bicyclic) bond motifs is 1. The number of benzene rings is 2. The van der Waals surface area contributed by atoms with Crippen molar-refractivity contribution in [2.24, 2.45) is 5.92 Å². The fourth-order valence-corrected chi connectivity index (χ4v) is 6.26. The number of nitrogens with zero attached hydrogens (tertiary/aromatic N) is 1. The zero-order valence-corrected chi connectivity index (χ0v) is 21.0. The lowest BCUT2D eigenvalue weighted by Crippen LogP contribution is -2.45. The molecule has 9 nitrogen and oxygen atoms in total. The van der Waals surface area contributed by atoms with Crippen molar-refractivity contribution in [1.82, 2.24) is 9.62 Å². The molecule has 2 heterocycles. The predicted molar refractivity (Wildman–Crippen MR) is 135 cm³/mol. The Morgan fingerprint density at radius 2 is 2.00 bits per heavy atom. The maximum atomic E-state index is 13.5. The SMILES string of the molecule is C=CC(=O)NC1CC2CCN(S(=O)(=O)c3ccc(NC(=O)CCc4ccccc4)cc3OC)CC2O1. The van der Waals surface area contributed by atoms with Gasteiger partial charge in [-0.2, -0.15) is 4.31 Å². The van der Waals surface area contributed by atoms with Crippen LogP contribution in [0, 0.1) is 5.92 Å². The van der Waals surface area contributed by atoms with Gasteiger partial charge in [-0.15, -0.1) is 0 Å². The first-order valence-corrected chi connectivity index (χ1v) is 13.3. The van der Waals surface area contributed by atoms with Crippen molar-refractivity contribution in [3.8, 4) is 5.75 Å². The molecule has 0 bridgehead atoms. The minimum absolute atomic E-state index is 0.0280. The highest BCUT2D eigenvalue weighted by atomic mass is 32.2. The Morgan fingerprint density at radius 1 is 1.22 bits per heavy atom. The van der Waals surface area contributed by atoms with Crippen molar-refractivity contribution in [1.29, 1.82) is 0 Å². The molecule has 2 amide bonds. The zero-order valence-electron chi connectivity index (χ0n) is 20.2. The summed E-state index contributed by atoms with van der Waals surface area (Å²) in [7, 11) is -2.47. The van der Waals surface area contributed by atoms with Crippen LogP contribution in [0.5, 0.6) is 5.75 Å². The lowest BCUT2D eigenvalue weighted by molar-refractivity contribution is -0.120. The van der Waals surface area contributed by atoms with Crippen LogP contribution in [0.4, 0.5) is 5.69 Å². The van der Waals surface area contributed by atoms with Crippen LogP contribution >= 0.6 is 0 Å². The van der Waals surface area contributed by atoms with Gasteiger partial charge in [0, 0.05) is 31.3 Å². The third-order valence-electron chi connectivity index (χ3n) is 6.55. The van der Waals surface area contributed by atoms with Crippen LogP contribution in [0.2, 0.25) is 0 Å². The Morgan fingerprint density at radius 3 is 2.72 bits per heavy atom. The first-order valence-electron chi connectivity index (χ1n) is 11.9. The molecule has 2 aromatic rings. The normalized spacial score (nSPS) is 21.9. The molecule has 0 saturated carbocycles. The summed E-state index contributed by atoms with van der Waals surface area (Å²) in [6.07, 6.45) is 2.60. The molecule has 192 valence electrons. The van der Waals surface area contributed by atoms with Crippen LogP contribution in [0.15, 0.2) is 66.1 Å². The minimum atomic E-state index is -3.87. The molecule has 10 heteroatoms. The van der Waals surface area contributed by atoms with Gasteiger partial charge >= 0.3 is 0 Å². The highest BCUT2D eigenvalue weighted by Crippen LogP contribution is 2.36. The number of hydrogen-bond donors (Lipinski definition) is 2. The van der Waals surface area contributed by atoms with E-state index in [1.54, 1.807) is 6.07 Å². The van der Waals surface area contributed by atoms with E-state index in [1.807, 2.05) is 30.3 Å². The van der Waals surface area contributed by atoms with E-state index >= 15 is 0 Å². The molecule has 2 aromatic carbocycles. The van der Waals surface area contributed by atoms with E-state index in [1.165, 1.54) is 29.6 Å². The van der Waals surface area contributed by atoms with Gasteiger partial charge in [0.25, 0.3) is 0 Å². The fraction of sp³-hybridized carbons (Fsp3) is 0.385. The third kappa shape index (κ3) is 5.95. The summed E-state index contributed by atoms with van der Waals surface area (Å²) >= 11 is 0. The number of methoxy groups -OCH3 is 1. The van der Waals surface area contributed by atoms with Crippen molar-refractivity contribution in [3.05, 3.63) is 66.7 Å². The molecule has 0 aromatic heterocycles. The minimum Gasteiger partial charge on any atom is -0.495 e. The smallest absolute Gasteiger partial charge is 0.246 e. The molecular formula is C26H31N3O6S.